The van der Waals surface area contributed by atoms with Crippen LogP contribution in [0.5, 0.6) is 0 Å². The van der Waals surface area contributed by atoms with Crippen LogP contribution in [0.2, 0.25) is 13.1 Å². The van der Waals surface area contributed by atoms with Crippen molar-refractivity contribution < 1.29 is 15.6 Å². The Labute approximate surface area is 312 Å². The summed E-state index contributed by atoms with van der Waals surface area (Å²) in [6.07, 6.45) is 13.4. The second-order valence-corrected chi connectivity index (χ2v) is 57.6. The topological polar surface area (TPSA) is 0 Å². The van der Waals surface area contributed by atoms with Crippen molar-refractivity contribution in [2.45, 2.75) is 113 Å². The predicted molar refractivity (Wildman–Crippen MR) is 223 cm³/mol. The van der Waals surface area contributed by atoms with E-state index in [1.54, 1.807) is 0 Å². The summed E-state index contributed by atoms with van der Waals surface area (Å²) in [6.45, 7) is 18.8. The Bertz CT molecular complexity index is 1830. The first-order chi connectivity index (χ1) is 24.1. The fraction of sp³-hybridized carbons (Fsp3) is 0.391. The Balaban J connectivity index is 1.64. The van der Waals surface area contributed by atoms with Crippen LogP contribution in [0.15, 0.2) is 83.9 Å². The van der Waals surface area contributed by atoms with Crippen LogP contribution in [0.1, 0.15) is 119 Å². The summed E-state index contributed by atoms with van der Waals surface area (Å²) in [5, 5.41) is 0. The zero-order chi connectivity index (χ0) is 35.8. The van der Waals surface area contributed by atoms with E-state index >= 15 is 0 Å². The molecule has 0 nitrogen and oxygen atoms in total. The third-order valence-corrected chi connectivity index (χ3v) is 64.0. The number of rotatable bonds is 13. The summed E-state index contributed by atoms with van der Waals surface area (Å²) >= 11 is -4.87. The van der Waals surface area contributed by atoms with E-state index in [4.69, 9.17) is 17.0 Å². The first kappa shape index (κ1) is 37.8. The molecule has 2 aliphatic rings. The molecule has 0 saturated heterocycles. The van der Waals surface area contributed by atoms with Crippen molar-refractivity contribution in [1.82, 2.24) is 0 Å². The molecule has 0 bridgehead atoms. The quantitative estimate of drug-likeness (QED) is 0.118. The number of benzene rings is 4. The number of allylic oxidation sites excluding steroid dienone is 2. The third kappa shape index (κ3) is 6.07. The van der Waals surface area contributed by atoms with Crippen LogP contribution in [0.25, 0.3) is 34.4 Å². The van der Waals surface area contributed by atoms with E-state index in [-0.39, 0.29) is 7.25 Å². The Hall–Kier alpha value is -1.96. The fourth-order valence-electron chi connectivity index (χ4n) is 9.60. The van der Waals surface area contributed by atoms with Crippen LogP contribution < -0.4 is 0 Å². The van der Waals surface area contributed by atoms with Gasteiger partial charge in [-0.05, 0) is 0 Å². The van der Waals surface area contributed by atoms with Gasteiger partial charge in [0.2, 0.25) is 0 Å². The van der Waals surface area contributed by atoms with Gasteiger partial charge in [-0.3, -0.25) is 0 Å². The molecule has 0 aliphatic heterocycles. The molecule has 0 aromatic heterocycles. The molecule has 4 aromatic rings. The van der Waals surface area contributed by atoms with E-state index in [1.165, 1.54) is 77.9 Å². The Morgan fingerprint density at radius 1 is 0.520 bits per heavy atom. The van der Waals surface area contributed by atoms with E-state index in [0.29, 0.717) is 0 Å². The van der Waals surface area contributed by atoms with Crippen molar-refractivity contribution in [1.29, 1.82) is 0 Å². The van der Waals surface area contributed by atoms with Crippen molar-refractivity contribution in [3.8, 4) is 22.3 Å². The molecule has 2 aliphatic carbocycles. The standard InChI is InChI=1S/2C22H25.C2H7Si.2ClH.Zr/c2*1-4-9-18-12-13-19-14-16(5-2)15-21(19)22(18)20-11-8-7-10-17(20)6-3;1-3-2;;;/h2*7-8,10-15H,4-6,9H2,1-3H3;3H,1-2H3;2*1H;/q;;;;;+2/p-2. The van der Waals surface area contributed by atoms with Gasteiger partial charge in [0.1, 0.15) is 0 Å². The molecule has 0 amide bonds. The van der Waals surface area contributed by atoms with Crippen molar-refractivity contribution in [3.05, 3.63) is 128 Å². The van der Waals surface area contributed by atoms with Gasteiger partial charge in [-0.15, -0.1) is 0 Å². The average Bonchev–Trinajstić information content (AvgIpc) is 3.72. The van der Waals surface area contributed by atoms with E-state index in [1.807, 2.05) is 0 Å². The predicted octanol–water partition coefficient (Wildman–Crippen LogP) is 14.4. The molecule has 0 spiro atoms. The minimum absolute atomic E-state index is 0.113. The molecular formula is C46H57Cl2SiZr. The van der Waals surface area contributed by atoms with Gasteiger partial charge in [-0.2, -0.15) is 0 Å². The van der Waals surface area contributed by atoms with Crippen molar-refractivity contribution in [3.63, 3.8) is 0 Å². The molecule has 2 atom stereocenters. The van der Waals surface area contributed by atoms with Gasteiger partial charge >= 0.3 is 315 Å². The number of hydrogen-bond acceptors (Lipinski definition) is 0. The van der Waals surface area contributed by atoms with Gasteiger partial charge in [0.15, 0.2) is 0 Å². The first-order valence-corrected chi connectivity index (χ1v) is 35.9. The number of halogens is 2. The maximum atomic E-state index is 8.82. The van der Waals surface area contributed by atoms with Crippen molar-refractivity contribution in [2.75, 3.05) is 0 Å². The van der Waals surface area contributed by atoms with Gasteiger partial charge in [0.05, 0.1) is 0 Å². The van der Waals surface area contributed by atoms with E-state index in [2.05, 4.69) is 140 Å². The zero-order valence-electron chi connectivity index (χ0n) is 31.7. The Kier molecular flexibility index (Phi) is 11.5. The summed E-state index contributed by atoms with van der Waals surface area (Å²) in [5.41, 5.74) is 19.9. The van der Waals surface area contributed by atoms with Gasteiger partial charge < -0.3 is 0 Å². The summed E-state index contributed by atoms with van der Waals surface area (Å²) < 4.78 is 0.226. The van der Waals surface area contributed by atoms with E-state index < -0.39 is 21.5 Å². The second-order valence-electron chi connectivity index (χ2n) is 15.1. The summed E-state index contributed by atoms with van der Waals surface area (Å²) in [7, 11) is 17.6. The first-order valence-electron chi connectivity index (χ1n) is 19.5. The van der Waals surface area contributed by atoms with Crippen LogP contribution in [0.4, 0.5) is 0 Å². The second kappa shape index (κ2) is 15.2. The fourth-order valence-corrected chi connectivity index (χ4v) is 41.4. The summed E-state index contributed by atoms with van der Waals surface area (Å²) in [4.78, 5) is 0. The van der Waals surface area contributed by atoms with Gasteiger partial charge in [0.25, 0.3) is 0 Å². The van der Waals surface area contributed by atoms with Crippen molar-refractivity contribution in [2.24, 2.45) is 0 Å². The molecule has 0 saturated carbocycles. The van der Waals surface area contributed by atoms with Crippen LogP contribution in [0.3, 0.4) is 0 Å². The molecular weight excluding hydrogens is 743 g/mol. The average molecular weight is 800 g/mol. The Morgan fingerprint density at radius 2 is 0.920 bits per heavy atom. The van der Waals surface area contributed by atoms with Crippen LogP contribution in [-0.4, -0.2) is 5.92 Å². The monoisotopic (exact) mass is 797 g/mol. The van der Waals surface area contributed by atoms with Gasteiger partial charge in [0, 0.05) is 0 Å². The molecule has 0 fully saturated rings. The summed E-state index contributed by atoms with van der Waals surface area (Å²) in [6, 6.07) is 27.9. The maximum absolute atomic E-state index is 8.82. The van der Waals surface area contributed by atoms with E-state index in [0.717, 1.165) is 51.4 Å². The van der Waals surface area contributed by atoms with Crippen LogP contribution in [0, 0.1) is 0 Å². The molecule has 50 heavy (non-hydrogen) atoms. The van der Waals surface area contributed by atoms with Crippen LogP contribution in [-0.2, 0) is 41.2 Å². The molecule has 4 heteroatoms. The molecule has 0 radical (unpaired) electrons. The molecule has 0 heterocycles. The number of fused-ring (bicyclic) bond motifs is 2. The van der Waals surface area contributed by atoms with E-state index in [9.17, 15) is 0 Å². The number of aryl methyl sites for hydroxylation is 4. The van der Waals surface area contributed by atoms with Crippen molar-refractivity contribution >= 4 is 35.1 Å². The minimum atomic E-state index is -4.87. The molecule has 6 rings (SSSR count). The Morgan fingerprint density at radius 3 is 1.26 bits per heavy atom. The normalized spacial score (nSPS) is 17.7. The van der Waals surface area contributed by atoms with Gasteiger partial charge in [-0.25, -0.2) is 0 Å². The molecule has 263 valence electrons. The number of hydrogen-bond donors (Lipinski definition) is 0. The summed E-state index contributed by atoms with van der Waals surface area (Å²) in [5.74, 6) is -1.65. The third-order valence-electron chi connectivity index (χ3n) is 12.2. The van der Waals surface area contributed by atoms with Gasteiger partial charge in [-0.1, -0.05) is 0 Å². The van der Waals surface area contributed by atoms with Crippen LogP contribution >= 0.6 is 17.0 Å². The molecule has 2 unspecified atom stereocenters. The SMILES string of the molecule is CCCc1ccc2c(c1-c1ccccc1CC)C=C(CC)[CH]2[Zr]([Cl])([Cl])([CH]1C(CC)=Cc2c1ccc(CCC)c2-c1ccccc1CC)[SiH](C)C. The molecule has 0 N–H and O–H groups in total. The zero-order valence-corrected chi connectivity index (χ0v) is 36.9. The molecule has 4 aromatic carbocycles.